The molecule has 3 heteroatoms. The first-order valence-electron chi connectivity index (χ1n) is 8.56. The van der Waals surface area contributed by atoms with E-state index in [0.29, 0.717) is 11.9 Å². The van der Waals surface area contributed by atoms with E-state index >= 15 is 0 Å². The van der Waals surface area contributed by atoms with Gasteiger partial charge >= 0.3 is 0 Å². The van der Waals surface area contributed by atoms with Crippen LogP contribution < -0.4 is 0 Å². The van der Waals surface area contributed by atoms with Crippen LogP contribution in [0.3, 0.4) is 0 Å². The maximum absolute atomic E-state index is 12.3. The lowest BCUT2D eigenvalue weighted by molar-refractivity contribution is -0.133. The third-order valence-corrected chi connectivity index (χ3v) is 4.38. The quantitative estimate of drug-likeness (QED) is 0.316. The van der Waals surface area contributed by atoms with Crippen LogP contribution in [0.15, 0.2) is 0 Å². The predicted molar refractivity (Wildman–Crippen MR) is 92.5 cm³/mol. The number of carbonyl (C=O) groups is 1. The van der Waals surface area contributed by atoms with Gasteiger partial charge in [-0.1, -0.05) is 75.2 Å². The van der Waals surface area contributed by atoms with Crippen molar-refractivity contribution in [3.8, 4) is 0 Å². The van der Waals surface area contributed by atoms with Crippen molar-refractivity contribution in [2.24, 2.45) is 0 Å². The van der Waals surface area contributed by atoms with Crippen molar-refractivity contribution in [1.29, 1.82) is 0 Å². The second kappa shape index (κ2) is 13.9. The molecule has 20 heavy (non-hydrogen) atoms. The average molecular weight is 348 g/mol. The molecule has 0 aromatic rings. The minimum Gasteiger partial charge on any atom is -0.339 e. The summed E-state index contributed by atoms with van der Waals surface area (Å²) in [6, 6.07) is 0.421. The average Bonchev–Trinajstić information content (AvgIpc) is 2.46. The Hall–Kier alpha value is -0.0500. The standard InChI is InChI=1S/C17H34BrNO/c1-4-7-8-9-10-11-12-13-17(20)19(15-14-18)16(5-2)6-3/h16H,4-15H2,1-3H3. The van der Waals surface area contributed by atoms with Crippen LogP contribution in [-0.2, 0) is 4.79 Å². The zero-order chi connectivity index (χ0) is 15.2. The van der Waals surface area contributed by atoms with E-state index in [4.69, 9.17) is 0 Å². The summed E-state index contributed by atoms with van der Waals surface area (Å²) in [5.41, 5.74) is 0. The van der Waals surface area contributed by atoms with E-state index in [9.17, 15) is 4.79 Å². The van der Waals surface area contributed by atoms with E-state index in [1.165, 1.54) is 38.5 Å². The molecule has 1 amide bonds. The summed E-state index contributed by atoms with van der Waals surface area (Å²) in [5.74, 6) is 0.353. The number of halogens is 1. The zero-order valence-electron chi connectivity index (χ0n) is 13.8. The lowest BCUT2D eigenvalue weighted by atomic mass is 10.1. The Kier molecular flexibility index (Phi) is 13.9. The molecule has 0 heterocycles. The topological polar surface area (TPSA) is 20.3 Å². The second-order valence-corrected chi connectivity index (χ2v) is 6.41. The molecule has 0 N–H and O–H groups in total. The lowest BCUT2D eigenvalue weighted by Gasteiger charge is -2.30. The first-order chi connectivity index (χ1) is 9.71. The Morgan fingerprint density at radius 1 is 0.950 bits per heavy atom. The summed E-state index contributed by atoms with van der Waals surface area (Å²) in [6.45, 7) is 7.45. The Balaban J connectivity index is 3.89. The van der Waals surface area contributed by atoms with Crippen LogP contribution >= 0.6 is 15.9 Å². The molecule has 0 rings (SSSR count). The van der Waals surface area contributed by atoms with Crippen molar-refractivity contribution in [3.63, 3.8) is 0 Å². The van der Waals surface area contributed by atoms with Gasteiger partial charge < -0.3 is 4.90 Å². The monoisotopic (exact) mass is 347 g/mol. The molecule has 0 radical (unpaired) electrons. The number of hydrogen-bond donors (Lipinski definition) is 0. The normalized spacial score (nSPS) is 11.1. The van der Waals surface area contributed by atoms with Crippen LogP contribution in [0, 0.1) is 0 Å². The van der Waals surface area contributed by atoms with Gasteiger partial charge in [0.1, 0.15) is 0 Å². The van der Waals surface area contributed by atoms with E-state index in [0.717, 1.165) is 37.6 Å². The van der Waals surface area contributed by atoms with Crippen molar-refractivity contribution in [2.75, 3.05) is 11.9 Å². The van der Waals surface area contributed by atoms with E-state index in [-0.39, 0.29) is 0 Å². The minimum absolute atomic E-state index is 0.353. The van der Waals surface area contributed by atoms with Crippen molar-refractivity contribution in [2.45, 2.75) is 91.0 Å². The molecular weight excluding hydrogens is 314 g/mol. The maximum Gasteiger partial charge on any atom is 0.222 e. The molecule has 2 nitrogen and oxygen atoms in total. The zero-order valence-corrected chi connectivity index (χ0v) is 15.4. The molecule has 0 aromatic heterocycles. The molecule has 0 aliphatic carbocycles. The highest BCUT2D eigenvalue weighted by atomic mass is 79.9. The number of alkyl halides is 1. The highest BCUT2D eigenvalue weighted by molar-refractivity contribution is 9.09. The SMILES string of the molecule is CCCCCCCCCC(=O)N(CCBr)C(CC)CC. The molecule has 0 unspecified atom stereocenters. The molecule has 0 aromatic carbocycles. The fourth-order valence-corrected chi connectivity index (χ4v) is 3.09. The molecule has 0 aliphatic rings. The number of carbonyl (C=O) groups excluding carboxylic acids is 1. The molecule has 0 saturated heterocycles. The second-order valence-electron chi connectivity index (χ2n) is 5.62. The Morgan fingerprint density at radius 2 is 1.50 bits per heavy atom. The number of hydrogen-bond acceptors (Lipinski definition) is 1. The largest absolute Gasteiger partial charge is 0.339 e. The summed E-state index contributed by atoms with van der Waals surface area (Å²) in [5, 5.41) is 0.881. The van der Waals surface area contributed by atoms with Crippen LogP contribution in [0.2, 0.25) is 0 Å². The number of rotatable bonds is 13. The fraction of sp³-hybridized carbons (Fsp3) is 0.941. The first-order valence-corrected chi connectivity index (χ1v) is 9.68. The predicted octanol–water partition coefficient (Wildman–Crippen LogP) is 5.54. The first kappa shape index (κ1) is 19.9. The Morgan fingerprint density at radius 3 is 2.00 bits per heavy atom. The van der Waals surface area contributed by atoms with Gasteiger partial charge in [-0.05, 0) is 19.3 Å². The molecule has 0 fully saturated rings. The molecule has 0 bridgehead atoms. The highest BCUT2D eigenvalue weighted by Crippen LogP contribution is 2.14. The van der Waals surface area contributed by atoms with Crippen LogP contribution in [-0.4, -0.2) is 28.7 Å². The van der Waals surface area contributed by atoms with E-state index in [1.807, 2.05) is 0 Å². The van der Waals surface area contributed by atoms with Crippen LogP contribution in [0.25, 0.3) is 0 Å². The summed E-state index contributed by atoms with van der Waals surface area (Å²) in [6.07, 6.45) is 11.8. The third kappa shape index (κ3) is 8.99. The van der Waals surface area contributed by atoms with Crippen molar-refractivity contribution < 1.29 is 4.79 Å². The Bertz CT molecular complexity index is 229. The highest BCUT2D eigenvalue weighted by Gasteiger charge is 2.19. The smallest absolute Gasteiger partial charge is 0.222 e. The van der Waals surface area contributed by atoms with Gasteiger partial charge in [-0.25, -0.2) is 0 Å². The van der Waals surface area contributed by atoms with Crippen molar-refractivity contribution in [3.05, 3.63) is 0 Å². The summed E-state index contributed by atoms with van der Waals surface area (Å²) in [4.78, 5) is 14.4. The molecular formula is C17H34BrNO. The number of unbranched alkanes of at least 4 members (excludes halogenated alkanes) is 6. The van der Waals surface area contributed by atoms with Gasteiger partial charge in [0.15, 0.2) is 0 Å². The lowest BCUT2D eigenvalue weighted by Crippen LogP contribution is -2.40. The van der Waals surface area contributed by atoms with E-state index in [1.54, 1.807) is 0 Å². The summed E-state index contributed by atoms with van der Waals surface area (Å²) in [7, 11) is 0. The molecule has 0 spiro atoms. The van der Waals surface area contributed by atoms with Crippen molar-refractivity contribution >= 4 is 21.8 Å². The van der Waals surface area contributed by atoms with Crippen LogP contribution in [0.4, 0.5) is 0 Å². The van der Waals surface area contributed by atoms with Gasteiger partial charge in [-0.3, -0.25) is 4.79 Å². The maximum atomic E-state index is 12.3. The molecule has 120 valence electrons. The van der Waals surface area contributed by atoms with E-state index in [2.05, 4.69) is 41.6 Å². The van der Waals surface area contributed by atoms with Gasteiger partial charge in [0.2, 0.25) is 5.91 Å². The van der Waals surface area contributed by atoms with Crippen LogP contribution in [0.1, 0.15) is 85.0 Å². The Labute approximate surface area is 134 Å². The minimum atomic E-state index is 0.353. The van der Waals surface area contributed by atoms with E-state index < -0.39 is 0 Å². The van der Waals surface area contributed by atoms with Gasteiger partial charge in [0.25, 0.3) is 0 Å². The fourth-order valence-electron chi connectivity index (χ4n) is 2.71. The van der Waals surface area contributed by atoms with Gasteiger partial charge in [-0.15, -0.1) is 0 Å². The van der Waals surface area contributed by atoms with Gasteiger partial charge in [0, 0.05) is 24.3 Å². The van der Waals surface area contributed by atoms with Crippen molar-refractivity contribution in [1.82, 2.24) is 4.90 Å². The molecule has 0 atom stereocenters. The third-order valence-electron chi connectivity index (χ3n) is 4.02. The van der Waals surface area contributed by atoms with Gasteiger partial charge in [0.05, 0.1) is 0 Å². The molecule has 0 saturated carbocycles. The molecule has 0 aliphatic heterocycles. The summed E-state index contributed by atoms with van der Waals surface area (Å²) < 4.78 is 0. The summed E-state index contributed by atoms with van der Waals surface area (Å²) >= 11 is 3.47. The van der Waals surface area contributed by atoms with Gasteiger partial charge in [-0.2, -0.15) is 0 Å². The number of nitrogens with zero attached hydrogens (tertiary/aromatic N) is 1. The van der Waals surface area contributed by atoms with Crippen LogP contribution in [0.5, 0.6) is 0 Å². The number of amides is 1.